The molecule has 0 saturated carbocycles. The minimum absolute atomic E-state index is 1.10. The van der Waals surface area contributed by atoms with E-state index < -0.39 is 0 Å². The average Bonchev–Trinajstić information content (AvgIpc) is 2.77. The number of pyridine rings is 1. The summed E-state index contributed by atoms with van der Waals surface area (Å²) in [5.74, 6) is 0. The Labute approximate surface area is 182 Å². The van der Waals surface area contributed by atoms with E-state index in [1.54, 1.807) is 0 Å². The van der Waals surface area contributed by atoms with Gasteiger partial charge < -0.3 is 0 Å². The van der Waals surface area contributed by atoms with Gasteiger partial charge in [0, 0.05) is 11.1 Å². The largest absolute Gasteiger partial charge is 0.257 e. The molecule has 0 unspecified atom stereocenters. The third-order valence-electron chi connectivity index (χ3n) is 5.03. The van der Waals surface area contributed by atoms with Crippen LogP contribution in [0.2, 0.25) is 0 Å². The summed E-state index contributed by atoms with van der Waals surface area (Å²) in [6, 6.07) is 17.0. The summed E-state index contributed by atoms with van der Waals surface area (Å²) in [4.78, 5) is 7.40. The van der Waals surface area contributed by atoms with E-state index in [0.29, 0.717) is 0 Å². The molecule has 0 aliphatic heterocycles. The zero-order valence-electron chi connectivity index (χ0n) is 18.3. The van der Waals surface area contributed by atoms with Crippen LogP contribution in [0, 0.1) is 0 Å². The van der Waals surface area contributed by atoms with Crippen LogP contribution in [-0.4, -0.2) is 4.98 Å². The van der Waals surface area contributed by atoms with Crippen LogP contribution in [0.1, 0.15) is 83.7 Å². The molecule has 156 valence electrons. The second kappa shape index (κ2) is 15.1. The fraction of sp³-hybridized carbons (Fsp3) is 0.444. The van der Waals surface area contributed by atoms with Crippen LogP contribution >= 0.6 is 11.8 Å². The number of allylic oxidation sites excluding steroid dienone is 4. The number of hydrogen-bond donors (Lipinski definition) is 0. The summed E-state index contributed by atoms with van der Waals surface area (Å²) >= 11 is 1.91. The van der Waals surface area contributed by atoms with Crippen LogP contribution in [0.5, 0.6) is 0 Å². The summed E-state index contributed by atoms with van der Waals surface area (Å²) in [7, 11) is 0. The molecule has 0 atom stereocenters. The molecular formula is C27H37NS. The van der Waals surface area contributed by atoms with E-state index in [-0.39, 0.29) is 0 Å². The van der Waals surface area contributed by atoms with Crippen LogP contribution in [0.15, 0.2) is 76.7 Å². The van der Waals surface area contributed by atoms with Crippen LogP contribution < -0.4 is 0 Å². The Kier molecular flexibility index (Phi) is 12.2. The average molecular weight is 408 g/mol. The fourth-order valence-corrected chi connectivity index (χ4v) is 4.30. The van der Waals surface area contributed by atoms with E-state index in [9.17, 15) is 0 Å². The number of aromatic nitrogens is 1. The highest BCUT2D eigenvalue weighted by molar-refractivity contribution is 8.03. The molecule has 0 fully saturated rings. The quantitative estimate of drug-likeness (QED) is 0.176. The number of nitrogens with zero attached hydrogens (tertiary/aromatic N) is 1. The second-order valence-corrected chi connectivity index (χ2v) is 8.78. The van der Waals surface area contributed by atoms with Crippen molar-refractivity contribution in [2.75, 3.05) is 0 Å². The molecule has 1 heterocycles. The maximum atomic E-state index is 4.62. The second-order valence-electron chi connectivity index (χ2n) is 7.58. The molecule has 1 aromatic heterocycles. The first-order chi connectivity index (χ1) is 14.3. The van der Waals surface area contributed by atoms with Crippen molar-refractivity contribution in [2.24, 2.45) is 0 Å². The van der Waals surface area contributed by atoms with Gasteiger partial charge in [-0.3, -0.25) is 4.98 Å². The van der Waals surface area contributed by atoms with E-state index in [1.807, 2.05) is 24.0 Å². The highest BCUT2D eigenvalue weighted by Gasteiger charge is 2.04. The van der Waals surface area contributed by atoms with Crippen molar-refractivity contribution < 1.29 is 0 Å². The minimum Gasteiger partial charge on any atom is -0.257 e. The van der Waals surface area contributed by atoms with Crippen LogP contribution in [0.3, 0.4) is 0 Å². The monoisotopic (exact) mass is 407 g/mol. The Morgan fingerprint density at radius 1 is 0.759 bits per heavy atom. The van der Waals surface area contributed by atoms with Crippen molar-refractivity contribution in [1.29, 1.82) is 0 Å². The molecule has 0 radical (unpaired) electrons. The molecule has 0 aliphatic carbocycles. The van der Waals surface area contributed by atoms with Gasteiger partial charge in [0.05, 0.1) is 5.69 Å². The Morgan fingerprint density at radius 3 is 2.10 bits per heavy atom. The molecule has 0 saturated heterocycles. The lowest BCUT2D eigenvalue weighted by Crippen LogP contribution is -1.90. The van der Waals surface area contributed by atoms with Crippen molar-refractivity contribution in [3.63, 3.8) is 0 Å². The summed E-state index contributed by atoms with van der Waals surface area (Å²) < 4.78 is 0. The summed E-state index contributed by atoms with van der Waals surface area (Å²) in [5, 5.41) is 0. The maximum absolute atomic E-state index is 4.62. The SMILES string of the molecule is CCCCCCC(=CC=C(CCCCCC)c1ccccn1)Sc1ccccc1. The normalized spacial score (nSPS) is 12.3. The standard InChI is InChI=1S/C27H37NS/c1-3-5-7-10-16-24(27-20-14-15-23-28-27)21-22-26(19-11-8-6-4-2)29-25-17-12-9-13-18-25/h9,12-15,17-18,20-23H,3-8,10-11,16,19H2,1-2H3. The zero-order chi connectivity index (χ0) is 20.6. The van der Waals surface area contributed by atoms with Crippen molar-refractivity contribution in [1.82, 2.24) is 4.98 Å². The van der Waals surface area contributed by atoms with E-state index in [2.05, 4.69) is 73.4 Å². The third kappa shape index (κ3) is 9.99. The number of hydrogen-bond acceptors (Lipinski definition) is 2. The molecule has 0 amide bonds. The Balaban J connectivity index is 2.15. The summed E-state index contributed by atoms with van der Waals surface area (Å²) in [6.45, 7) is 4.54. The maximum Gasteiger partial charge on any atom is 0.0661 e. The van der Waals surface area contributed by atoms with Gasteiger partial charge in [0.25, 0.3) is 0 Å². The molecule has 0 bridgehead atoms. The molecule has 2 aromatic rings. The Morgan fingerprint density at radius 2 is 1.45 bits per heavy atom. The van der Waals surface area contributed by atoms with Gasteiger partial charge in [-0.05, 0) is 60.4 Å². The van der Waals surface area contributed by atoms with Crippen LogP contribution in [0.4, 0.5) is 0 Å². The van der Waals surface area contributed by atoms with Gasteiger partial charge in [-0.2, -0.15) is 0 Å². The van der Waals surface area contributed by atoms with E-state index >= 15 is 0 Å². The van der Waals surface area contributed by atoms with Gasteiger partial charge >= 0.3 is 0 Å². The number of benzene rings is 1. The number of thioether (sulfide) groups is 1. The van der Waals surface area contributed by atoms with E-state index in [0.717, 1.165) is 18.5 Å². The Bertz CT molecular complexity index is 719. The van der Waals surface area contributed by atoms with Gasteiger partial charge in [-0.15, -0.1) is 0 Å². The molecule has 0 spiro atoms. The molecular weight excluding hydrogens is 370 g/mol. The van der Waals surface area contributed by atoms with Crippen molar-refractivity contribution in [3.05, 3.63) is 77.5 Å². The van der Waals surface area contributed by atoms with Gasteiger partial charge in [-0.1, -0.05) is 101 Å². The highest BCUT2D eigenvalue weighted by atomic mass is 32.2. The molecule has 1 nitrogen and oxygen atoms in total. The topological polar surface area (TPSA) is 12.9 Å². The van der Waals surface area contributed by atoms with E-state index in [4.69, 9.17) is 0 Å². The third-order valence-corrected chi connectivity index (χ3v) is 6.14. The first-order valence-corrected chi connectivity index (χ1v) is 12.2. The summed E-state index contributed by atoms with van der Waals surface area (Å²) in [6.07, 6.45) is 19.2. The van der Waals surface area contributed by atoms with Gasteiger partial charge in [0.2, 0.25) is 0 Å². The van der Waals surface area contributed by atoms with Gasteiger partial charge in [0.1, 0.15) is 0 Å². The predicted octanol–water partition coefficient (Wildman–Crippen LogP) is 9.08. The van der Waals surface area contributed by atoms with Crippen LogP contribution in [-0.2, 0) is 0 Å². The summed E-state index contributed by atoms with van der Waals surface area (Å²) in [5.41, 5.74) is 2.48. The molecule has 2 rings (SSSR count). The fourth-order valence-electron chi connectivity index (χ4n) is 3.32. The molecule has 29 heavy (non-hydrogen) atoms. The highest BCUT2D eigenvalue weighted by Crippen LogP contribution is 2.31. The van der Waals surface area contributed by atoms with Crippen molar-refractivity contribution >= 4 is 17.3 Å². The predicted molar refractivity (Wildman–Crippen MR) is 130 cm³/mol. The molecule has 1 aromatic carbocycles. The lowest BCUT2D eigenvalue weighted by atomic mass is 10.0. The van der Waals surface area contributed by atoms with Crippen molar-refractivity contribution in [2.45, 2.75) is 83.0 Å². The van der Waals surface area contributed by atoms with E-state index in [1.165, 1.54) is 66.7 Å². The van der Waals surface area contributed by atoms with Crippen LogP contribution in [0.25, 0.3) is 5.57 Å². The Hall–Kier alpha value is -1.80. The number of unbranched alkanes of at least 4 members (excludes halogenated alkanes) is 6. The smallest absolute Gasteiger partial charge is 0.0661 e. The van der Waals surface area contributed by atoms with Gasteiger partial charge in [-0.25, -0.2) is 0 Å². The first kappa shape index (κ1) is 23.5. The van der Waals surface area contributed by atoms with Crippen molar-refractivity contribution in [3.8, 4) is 0 Å². The molecule has 2 heteroatoms. The minimum atomic E-state index is 1.10. The van der Waals surface area contributed by atoms with Gasteiger partial charge in [0.15, 0.2) is 0 Å². The zero-order valence-corrected chi connectivity index (χ0v) is 19.1. The first-order valence-electron chi connectivity index (χ1n) is 11.4. The lowest BCUT2D eigenvalue weighted by molar-refractivity contribution is 0.672. The number of rotatable bonds is 14. The molecule has 0 N–H and O–H groups in total. The molecule has 0 aliphatic rings. The lowest BCUT2D eigenvalue weighted by Gasteiger charge is -2.09.